The average Bonchev–Trinajstić information content (AvgIpc) is 3.29. The first-order chi connectivity index (χ1) is 15.8. The zero-order chi connectivity index (χ0) is 23.8. The van der Waals surface area contributed by atoms with Crippen molar-refractivity contribution in [2.45, 2.75) is 44.7 Å². The number of aliphatic hydroxyl groups is 2. The summed E-state index contributed by atoms with van der Waals surface area (Å²) in [6.45, 7) is 3.97. The van der Waals surface area contributed by atoms with Gasteiger partial charge >= 0.3 is 0 Å². The van der Waals surface area contributed by atoms with Gasteiger partial charge in [0.1, 0.15) is 49.3 Å². The molecule has 0 amide bonds. The molecule has 0 aliphatic carbocycles. The molecule has 0 saturated carbocycles. The zero-order valence-electron chi connectivity index (χ0n) is 18.7. The molecule has 178 valence electrons. The molecule has 2 atom stereocenters. The topological polar surface area (TPSA) is 89.6 Å². The Bertz CT molecular complexity index is 996. The van der Waals surface area contributed by atoms with Gasteiger partial charge in [0.25, 0.3) is 0 Å². The van der Waals surface area contributed by atoms with Gasteiger partial charge in [-0.2, -0.15) is 0 Å². The minimum absolute atomic E-state index is 0.0768. The highest BCUT2D eigenvalue weighted by molar-refractivity contribution is 6.18. The van der Waals surface area contributed by atoms with Crippen molar-refractivity contribution in [2.75, 3.05) is 19.1 Å². The van der Waals surface area contributed by atoms with Crippen molar-refractivity contribution in [3.63, 3.8) is 0 Å². The smallest absolute Gasteiger partial charge is 0.135 e. The van der Waals surface area contributed by atoms with E-state index in [0.29, 0.717) is 11.5 Å². The van der Waals surface area contributed by atoms with Gasteiger partial charge in [-0.3, -0.25) is 0 Å². The van der Waals surface area contributed by atoms with E-state index in [1.165, 1.54) is 10.9 Å². The summed E-state index contributed by atoms with van der Waals surface area (Å²) >= 11 is 5.59. The summed E-state index contributed by atoms with van der Waals surface area (Å²) in [5.41, 5.74) is 2.18. The first-order valence-electron chi connectivity index (χ1n) is 10.7. The standard InChI is InChI=1S/C24H29ClFN3O4/c1-24(2,17-3-7-22(8-4-17)32-15-20(30)11-25)18-5-9-23(10-6-18)33-16-21(31)14-29-13-19(12-26)27-28-29/h3-10,13,20-21,30-31H,11-12,14-16H2,1-2H3/t20-,21-/m0/s1. The molecule has 0 bridgehead atoms. The maximum Gasteiger partial charge on any atom is 0.135 e. The van der Waals surface area contributed by atoms with Gasteiger partial charge in [-0.1, -0.05) is 43.3 Å². The molecule has 0 radical (unpaired) electrons. The van der Waals surface area contributed by atoms with Crippen LogP contribution in [0.1, 0.15) is 30.7 Å². The lowest BCUT2D eigenvalue weighted by molar-refractivity contribution is 0.0888. The van der Waals surface area contributed by atoms with Crippen LogP contribution in [0.15, 0.2) is 54.7 Å². The molecule has 3 aromatic rings. The molecule has 0 aliphatic rings. The van der Waals surface area contributed by atoms with E-state index in [1.807, 2.05) is 48.5 Å². The summed E-state index contributed by atoms with van der Waals surface area (Å²) in [7, 11) is 0. The second kappa shape index (κ2) is 11.4. The monoisotopic (exact) mass is 477 g/mol. The third kappa shape index (κ3) is 6.90. The molecule has 0 spiro atoms. The van der Waals surface area contributed by atoms with Crippen LogP contribution in [0, 0.1) is 0 Å². The van der Waals surface area contributed by atoms with E-state index in [0.717, 1.165) is 11.1 Å². The van der Waals surface area contributed by atoms with Gasteiger partial charge in [-0.05, 0) is 35.4 Å². The highest BCUT2D eigenvalue weighted by atomic mass is 35.5. The number of hydrogen-bond acceptors (Lipinski definition) is 6. The Morgan fingerprint density at radius 1 is 0.939 bits per heavy atom. The van der Waals surface area contributed by atoms with Gasteiger partial charge in [-0.15, -0.1) is 16.7 Å². The lowest BCUT2D eigenvalue weighted by Crippen LogP contribution is -2.24. The molecule has 2 aromatic carbocycles. The Hall–Kier alpha value is -2.68. The fourth-order valence-electron chi connectivity index (χ4n) is 3.29. The van der Waals surface area contributed by atoms with Crippen LogP contribution in [0.2, 0.25) is 0 Å². The van der Waals surface area contributed by atoms with Crippen molar-refractivity contribution in [2.24, 2.45) is 0 Å². The first-order valence-corrected chi connectivity index (χ1v) is 11.2. The maximum absolute atomic E-state index is 12.5. The summed E-state index contributed by atoms with van der Waals surface area (Å²) < 4.78 is 25.2. The number of aliphatic hydroxyl groups excluding tert-OH is 2. The number of nitrogens with zero attached hydrogens (tertiary/aromatic N) is 3. The zero-order valence-corrected chi connectivity index (χ0v) is 19.5. The van der Waals surface area contributed by atoms with Crippen LogP contribution in [0.5, 0.6) is 11.5 Å². The third-order valence-electron chi connectivity index (χ3n) is 5.34. The largest absolute Gasteiger partial charge is 0.491 e. The van der Waals surface area contributed by atoms with Crippen LogP contribution in [0.25, 0.3) is 0 Å². The number of alkyl halides is 2. The van der Waals surface area contributed by atoms with Crippen LogP contribution in [0.4, 0.5) is 4.39 Å². The molecular weight excluding hydrogens is 449 g/mol. The third-order valence-corrected chi connectivity index (χ3v) is 5.69. The van der Waals surface area contributed by atoms with Crippen molar-refractivity contribution in [1.29, 1.82) is 0 Å². The lowest BCUT2D eigenvalue weighted by Gasteiger charge is -2.26. The SMILES string of the molecule is CC(C)(c1ccc(OC[C@@H](O)Cn2cc(CF)nn2)cc1)c1ccc(OC[C@@H](O)CCl)cc1. The van der Waals surface area contributed by atoms with E-state index in [1.54, 1.807) is 0 Å². The molecule has 0 saturated heterocycles. The van der Waals surface area contributed by atoms with Crippen LogP contribution >= 0.6 is 11.6 Å². The van der Waals surface area contributed by atoms with Gasteiger partial charge in [0.05, 0.1) is 18.6 Å². The van der Waals surface area contributed by atoms with Crippen molar-refractivity contribution < 1.29 is 24.1 Å². The van der Waals surface area contributed by atoms with Gasteiger partial charge < -0.3 is 19.7 Å². The van der Waals surface area contributed by atoms with E-state index in [2.05, 4.69) is 24.2 Å². The van der Waals surface area contributed by atoms with Gasteiger partial charge in [0.2, 0.25) is 0 Å². The molecule has 9 heteroatoms. The summed E-state index contributed by atoms with van der Waals surface area (Å²) in [6, 6.07) is 15.5. The quantitative estimate of drug-likeness (QED) is 0.388. The molecule has 1 heterocycles. The number of benzene rings is 2. The van der Waals surface area contributed by atoms with Gasteiger partial charge in [0.15, 0.2) is 0 Å². The molecule has 3 rings (SSSR count). The van der Waals surface area contributed by atoms with Crippen molar-refractivity contribution >= 4 is 11.6 Å². The Morgan fingerprint density at radius 2 is 1.45 bits per heavy atom. The second-order valence-electron chi connectivity index (χ2n) is 8.32. The van der Waals surface area contributed by atoms with E-state index < -0.39 is 18.9 Å². The molecule has 2 N–H and O–H groups in total. The van der Waals surface area contributed by atoms with Crippen LogP contribution < -0.4 is 9.47 Å². The Kier molecular flexibility index (Phi) is 8.66. The fraction of sp³-hybridized carbons (Fsp3) is 0.417. The van der Waals surface area contributed by atoms with Crippen LogP contribution in [0.3, 0.4) is 0 Å². The van der Waals surface area contributed by atoms with Crippen LogP contribution in [-0.4, -0.2) is 56.5 Å². The van der Waals surface area contributed by atoms with Gasteiger partial charge in [0, 0.05) is 5.41 Å². The Balaban J connectivity index is 1.55. The maximum atomic E-state index is 12.5. The highest BCUT2D eigenvalue weighted by Gasteiger charge is 2.23. The Morgan fingerprint density at radius 3 is 1.91 bits per heavy atom. The number of aromatic nitrogens is 3. The molecule has 33 heavy (non-hydrogen) atoms. The molecular formula is C24H29ClFN3O4. The molecule has 0 fully saturated rings. The first kappa shape index (κ1) is 25.0. The summed E-state index contributed by atoms with van der Waals surface area (Å²) in [5.74, 6) is 1.44. The highest BCUT2D eigenvalue weighted by Crippen LogP contribution is 2.33. The number of rotatable bonds is 12. The van der Waals surface area contributed by atoms with Crippen LogP contribution in [-0.2, 0) is 18.6 Å². The molecule has 1 aromatic heterocycles. The minimum atomic E-state index is -0.804. The predicted octanol–water partition coefficient (Wildman–Crippen LogP) is 3.49. The number of halogens is 2. The minimum Gasteiger partial charge on any atom is -0.491 e. The normalized spacial score (nSPS) is 13.5. The number of ether oxygens (including phenoxy) is 2. The van der Waals surface area contributed by atoms with E-state index in [-0.39, 0.29) is 36.7 Å². The number of hydrogen-bond donors (Lipinski definition) is 2. The molecule has 0 unspecified atom stereocenters. The summed E-state index contributed by atoms with van der Waals surface area (Å²) in [5, 5.41) is 27.1. The Labute approximate surface area is 197 Å². The van der Waals surface area contributed by atoms with Crippen molar-refractivity contribution in [3.05, 3.63) is 71.5 Å². The van der Waals surface area contributed by atoms with E-state index >= 15 is 0 Å². The molecule has 0 aliphatic heterocycles. The predicted molar refractivity (Wildman–Crippen MR) is 124 cm³/mol. The fourth-order valence-corrected chi connectivity index (χ4v) is 3.38. The van der Waals surface area contributed by atoms with Gasteiger partial charge in [-0.25, -0.2) is 9.07 Å². The second-order valence-corrected chi connectivity index (χ2v) is 8.63. The summed E-state index contributed by atoms with van der Waals surface area (Å²) in [6.07, 6.45) is -0.0369. The average molecular weight is 478 g/mol. The lowest BCUT2D eigenvalue weighted by atomic mass is 9.78. The van der Waals surface area contributed by atoms with Crippen molar-refractivity contribution in [3.8, 4) is 11.5 Å². The molecule has 7 nitrogen and oxygen atoms in total. The van der Waals surface area contributed by atoms with E-state index in [9.17, 15) is 14.6 Å². The van der Waals surface area contributed by atoms with Crippen molar-refractivity contribution in [1.82, 2.24) is 15.0 Å². The summed E-state index contributed by atoms with van der Waals surface area (Å²) in [4.78, 5) is 0. The van der Waals surface area contributed by atoms with E-state index in [4.69, 9.17) is 21.1 Å².